The largest absolute Gasteiger partial charge is 0.481 e. The molecule has 4 rings (SSSR count). The molecule has 0 aromatic carbocycles. The lowest BCUT2D eigenvalue weighted by atomic mass is 9.60. The number of hydrogen-bond acceptors (Lipinski definition) is 4. The molecule has 0 radical (unpaired) electrons. The molecule has 3 fully saturated rings. The molecule has 8 unspecified atom stereocenters. The molecule has 0 aromatic heterocycles. The highest BCUT2D eigenvalue weighted by atomic mass is 16.4. The molecule has 3 N–H and O–H groups in total. The van der Waals surface area contributed by atoms with E-state index in [4.69, 9.17) is 0 Å². The number of aliphatic hydroxyl groups is 2. The fourth-order valence-corrected chi connectivity index (χ4v) is 6.68. The third-order valence-corrected chi connectivity index (χ3v) is 7.64. The van der Waals surface area contributed by atoms with Crippen LogP contribution in [-0.2, 0) is 9.59 Å². The maximum atomic E-state index is 12.3. The number of aliphatic hydroxyl groups excluding tert-OH is 1. The van der Waals surface area contributed by atoms with Crippen molar-refractivity contribution in [3.8, 4) is 0 Å². The van der Waals surface area contributed by atoms with Gasteiger partial charge in [0.25, 0.3) is 0 Å². The molecule has 24 heavy (non-hydrogen) atoms. The Balaban J connectivity index is 1.96. The predicted octanol–water partition coefficient (Wildman–Crippen LogP) is 1.55. The van der Waals surface area contributed by atoms with Gasteiger partial charge < -0.3 is 20.1 Å². The van der Waals surface area contributed by atoms with E-state index in [0.717, 1.165) is 18.4 Å². The van der Waals surface area contributed by atoms with Crippen LogP contribution in [0.15, 0.2) is 24.3 Å². The van der Waals surface area contributed by atoms with Crippen LogP contribution in [0, 0.1) is 34.5 Å². The Morgan fingerprint density at radius 2 is 2.12 bits per heavy atom. The number of fused-ring (bicyclic) bond motifs is 3. The Labute approximate surface area is 141 Å². The van der Waals surface area contributed by atoms with E-state index in [1.54, 1.807) is 13.0 Å². The Hall–Kier alpha value is -1.46. The Bertz CT molecular complexity index is 669. The van der Waals surface area contributed by atoms with E-state index < -0.39 is 40.3 Å². The average molecular weight is 332 g/mol. The molecule has 0 saturated heterocycles. The van der Waals surface area contributed by atoms with Crippen molar-refractivity contribution in [2.24, 2.45) is 34.5 Å². The topological polar surface area (TPSA) is 94.8 Å². The summed E-state index contributed by atoms with van der Waals surface area (Å²) in [5.41, 5.74) is -2.17. The first-order valence-electron chi connectivity index (χ1n) is 8.67. The lowest BCUT2D eigenvalue weighted by Crippen LogP contribution is -2.56. The molecule has 5 nitrogen and oxygen atoms in total. The molecular weight excluding hydrogens is 308 g/mol. The van der Waals surface area contributed by atoms with Crippen LogP contribution in [0.5, 0.6) is 0 Å². The van der Waals surface area contributed by atoms with Gasteiger partial charge in [-0.2, -0.15) is 0 Å². The Morgan fingerprint density at radius 3 is 2.75 bits per heavy atom. The van der Waals surface area contributed by atoms with E-state index >= 15 is 0 Å². The van der Waals surface area contributed by atoms with Crippen LogP contribution < -0.4 is 0 Å². The van der Waals surface area contributed by atoms with Crippen molar-refractivity contribution in [3.63, 3.8) is 0 Å². The van der Waals surface area contributed by atoms with E-state index in [2.05, 4.69) is 6.58 Å². The maximum absolute atomic E-state index is 12.3. The van der Waals surface area contributed by atoms with Gasteiger partial charge in [0.2, 0.25) is 0 Å². The summed E-state index contributed by atoms with van der Waals surface area (Å²) < 4.78 is 0. The molecule has 4 aliphatic carbocycles. The van der Waals surface area contributed by atoms with Crippen molar-refractivity contribution in [2.45, 2.75) is 44.3 Å². The molecule has 0 aromatic rings. The number of aldehydes is 1. The fourth-order valence-electron chi connectivity index (χ4n) is 6.68. The van der Waals surface area contributed by atoms with E-state index in [9.17, 15) is 24.9 Å². The first kappa shape index (κ1) is 16.0. The maximum Gasteiger partial charge on any atom is 0.307 e. The zero-order chi connectivity index (χ0) is 17.5. The van der Waals surface area contributed by atoms with Gasteiger partial charge in [-0.15, -0.1) is 0 Å². The van der Waals surface area contributed by atoms with Gasteiger partial charge in [0.1, 0.15) is 6.29 Å². The summed E-state index contributed by atoms with van der Waals surface area (Å²) in [5.74, 6) is -2.57. The summed E-state index contributed by atoms with van der Waals surface area (Å²) >= 11 is 0. The van der Waals surface area contributed by atoms with E-state index in [-0.39, 0.29) is 5.92 Å². The smallest absolute Gasteiger partial charge is 0.307 e. The van der Waals surface area contributed by atoms with Gasteiger partial charge in [0.05, 0.1) is 23.0 Å². The monoisotopic (exact) mass is 332 g/mol. The van der Waals surface area contributed by atoms with E-state index in [0.29, 0.717) is 25.0 Å². The number of carboxylic acid groups (broad SMARTS) is 1. The molecule has 4 aliphatic rings. The van der Waals surface area contributed by atoms with Gasteiger partial charge in [-0.25, -0.2) is 0 Å². The van der Waals surface area contributed by atoms with Crippen molar-refractivity contribution >= 4 is 12.3 Å². The summed E-state index contributed by atoms with van der Waals surface area (Å²) in [5, 5.41) is 32.0. The number of allylic oxidation sites excluding steroid dienone is 1. The van der Waals surface area contributed by atoms with Crippen LogP contribution in [0.25, 0.3) is 0 Å². The van der Waals surface area contributed by atoms with Gasteiger partial charge in [-0.1, -0.05) is 24.3 Å². The third-order valence-electron chi connectivity index (χ3n) is 7.64. The second kappa shape index (κ2) is 4.58. The average Bonchev–Trinajstić information content (AvgIpc) is 2.92. The predicted molar refractivity (Wildman–Crippen MR) is 85.9 cm³/mol. The summed E-state index contributed by atoms with van der Waals surface area (Å²) in [6.45, 7) is 5.72. The molecular formula is C19H24O5. The minimum absolute atomic E-state index is 0.213. The highest BCUT2D eigenvalue weighted by Crippen LogP contribution is 2.73. The van der Waals surface area contributed by atoms with Crippen molar-refractivity contribution < 1.29 is 24.9 Å². The molecule has 3 saturated carbocycles. The molecule has 1 spiro atoms. The lowest BCUT2D eigenvalue weighted by molar-refractivity contribution is -0.157. The van der Waals surface area contributed by atoms with Gasteiger partial charge >= 0.3 is 5.97 Å². The van der Waals surface area contributed by atoms with Crippen LogP contribution in [0.1, 0.15) is 32.6 Å². The van der Waals surface area contributed by atoms with Crippen molar-refractivity contribution in [2.75, 3.05) is 0 Å². The van der Waals surface area contributed by atoms with Crippen LogP contribution in [0.4, 0.5) is 0 Å². The fraction of sp³-hybridized carbons (Fsp3) is 0.684. The minimum atomic E-state index is -1.37. The van der Waals surface area contributed by atoms with E-state index in [1.165, 1.54) is 6.08 Å². The molecule has 130 valence electrons. The molecule has 2 bridgehead atoms. The quantitative estimate of drug-likeness (QED) is 0.527. The number of aliphatic carboxylic acids is 1. The van der Waals surface area contributed by atoms with Crippen LogP contribution >= 0.6 is 0 Å². The highest BCUT2D eigenvalue weighted by Gasteiger charge is 2.75. The van der Waals surface area contributed by atoms with Gasteiger partial charge in [-0.3, -0.25) is 4.79 Å². The second-order valence-electron chi connectivity index (χ2n) is 8.57. The van der Waals surface area contributed by atoms with Gasteiger partial charge in [-0.05, 0) is 49.9 Å². The number of carbonyl (C=O) groups is 2. The van der Waals surface area contributed by atoms with Crippen LogP contribution in [0.2, 0.25) is 0 Å². The van der Waals surface area contributed by atoms with Crippen molar-refractivity contribution in [1.82, 2.24) is 0 Å². The molecule has 5 heteroatoms. The Morgan fingerprint density at radius 1 is 1.42 bits per heavy atom. The Kier molecular flexibility index (Phi) is 3.06. The number of carbonyl (C=O) groups excluding carboxylic acids is 1. The summed E-state index contributed by atoms with van der Waals surface area (Å²) in [6.07, 6.45) is 5.54. The van der Waals surface area contributed by atoms with Crippen LogP contribution in [-0.4, -0.2) is 39.3 Å². The van der Waals surface area contributed by atoms with Crippen LogP contribution in [0.3, 0.4) is 0 Å². The number of hydrogen-bond donors (Lipinski definition) is 3. The first-order chi connectivity index (χ1) is 11.2. The second-order valence-corrected chi connectivity index (χ2v) is 8.57. The molecule has 0 amide bonds. The zero-order valence-corrected chi connectivity index (χ0v) is 13.8. The standard InChI is InChI=1S/C19H24O5/c1-10-7-18-8-11(10)3-4-12(18)19(24)6-5-13(21)17(2,9-20)15(19)14(18)16(22)23/h5-6,9,11-15,21,24H,1,3-4,7-8H2,2H3,(H,22,23). The highest BCUT2D eigenvalue weighted by molar-refractivity contribution is 5.76. The molecule has 0 heterocycles. The summed E-state index contributed by atoms with van der Waals surface area (Å²) in [6, 6.07) is 0. The number of rotatable bonds is 2. The SMILES string of the molecule is C=C1CC23CC1CCC2C1(O)C=CC(O)C(C)(C=O)C1C3C(=O)O. The number of carboxylic acids is 1. The van der Waals surface area contributed by atoms with E-state index in [1.807, 2.05) is 0 Å². The zero-order valence-electron chi connectivity index (χ0n) is 13.8. The first-order valence-corrected chi connectivity index (χ1v) is 8.67. The van der Waals surface area contributed by atoms with Crippen molar-refractivity contribution in [1.29, 1.82) is 0 Å². The lowest BCUT2D eigenvalue weighted by Gasteiger charge is -2.47. The molecule has 0 aliphatic heterocycles. The van der Waals surface area contributed by atoms with Gasteiger partial charge in [0.15, 0.2) is 0 Å². The summed E-state index contributed by atoms with van der Waals surface area (Å²) in [4.78, 5) is 24.2. The normalized spacial score (nSPS) is 55.1. The molecule has 8 atom stereocenters. The van der Waals surface area contributed by atoms with Crippen molar-refractivity contribution in [3.05, 3.63) is 24.3 Å². The van der Waals surface area contributed by atoms with Gasteiger partial charge in [0, 0.05) is 5.92 Å². The minimum Gasteiger partial charge on any atom is -0.481 e. The third kappa shape index (κ3) is 1.58. The summed E-state index contributed by atoms with van der Waals surface area (Å²) in [7, 11) is 0.